The first-order chi connectivity index (χ1) is 12.1. The highest BCUT2D eigenvalue weighted by Gasteiger charge is 2.07. The molecule has 1 aliphatic rings. The van der Waals surface area contributed by atoms with Crippen LogP contribution in [0.1, 0.15) is 6.92 Å². The molecule has 0 radical (unpaired) electrons. The molecule has 6 nitrogen and oxygen atoms in total. The predicted molar refractivity (Wildman–Crippen MR) is 102 cm³/mol. The van der Waals surface area contributed by atoms with Gasteiger partial charge in [-0.2, -0.15) is 5.10 Å². The highest BCUT2D eigenvalue weighted by atomic mass is 16.5. The predicted octanol–water partition coefficient (Wildman–Crippen LogP) is 3.08. The second-order valence-electron chi connectivity index (χ2n) is 5.96. The lowest BCUT2D eigenvalue weighted by atomic mass is 10.2. The lowest BCUT2D eigenvalue weighted by Gasteiger charge is -2.13. The Labute approximate surface area is 147 Å². The quantitative estimate of drug-likeness (QED) is 0.753. The fourth-order valence-electron chi connectivity index (χ4n) is 2.66. The molecule has 0 fully saturated rings. The van der Waals surface area contributed by atoms with Crippen molar-refractivity contribution >= 4 is 28.2 Å². The molecule has 4 rings (SSSR count). The van der Waals surface area contributed by atoms with Crippen LogP contribution in [0.3, 0.4) is 0 Å². The van der Waals surface area contributed by atoms with Gasteiger partial charge in [0.05, 0.1) is 18.2 Å². The van der Waals surface area contributed by atoms with Crippen LogP contribution in [0.25, 0.3) is 10.9 Å². The number of nitrogens with two attached hydrogens (primary N) is 1. The second kappa shape index (κ2) is 7.81. The second-order valence-corrected chi connectivity index (χ2v) is 5.96. The van der Waals surface area contributed by atoms with E-state index in [0.717, 1.165) is 22.4 Å². The molecular formula is C19H23N5O. The van der Waals surface area contributed by atoms with Crippen molar-refractivity contribution < 1.29 is 4.74 Å². The van der Waals surface area contributed by atoms with Gasteiger partial charge < -0.3 is 15.8 Å². The lowest BCUT2D eigenvalue weighted by molar-refractivity contribution is 0.148. The third-order valence-electron chi connectivity index (χ3n) is 3.79. The van der Waals surface area contributed by atoms with Crippen LogP contribution in [0, 0.1) is 0 Å². The van der Waals surface area contributed by atoms with Crippen molar-refractivity contribution in [3.63, 3.8) is 0 Å². The number of fused-ring (bicyclic) bond motifs is 1. The minimum Gasteiger partial charge on any atom is -0.386 e. The van der Waals surface area contributed by atoms with Gasteiger partial charge in [-0.25, -0.2) is 0 Å². The van der Waals surface area contributed by atoms with Crippen molar-refractivity contribution in [2.24, 2.45) is 17.8 Å². The maximum atomic E-state index is 5.35. The van der Waals surface area contributed by atoms with E-state index in [1.165, 1.54) is 0 Å². The van der Waals surface area contributed by atoms with Gasteiger partial charge in [0.1, 0.15) is 12.4 Å². The van der Waals surface area contributed by atoms with Crippen molar-refractivity contribution in [1.29, 1.82) is 0 Å². The molecule has 0 saturated heterocycles. The van der Waals surface area contributed by atoms with Gasteiger partial charge in [0.25, 0.3) is 0 Å². The number of para-hydroxylation sites is 2. The highest BCUT2D eigenvalue weighted by Crippen LogP contribution is 2.24. The molecule has 0 bridgehead atoms. The van der Waals surface area contributed by atoms with E-state index >= 15 is 0 Å². The Balaban J connectivity index is 0.000000192. The first kappa shape index (κ1) is 17.0. The average molecular weight is 337 g/mol. The van der Waals surface area contributed by atoms with Gasteiger partial charge in [-0.05, 0) is 31.2 Å². The van der Waals surface area contributed by atoms with Gasteiger partial charge in [-0.3, -0.25) is 9.67 Å². The Morgan fingerprint density at radius 3 is 2.52 bits per heavy atom. The minimum absolute atomic E-state index is 0.253. The number of aryl methyl sites for hydroxylation is 1. The van der Waals surface area contributed by atoms with Gasteiger partial charge in [0, 0.05) is 18.1 Å². The van der Waals surface area contributed by atoms with E-state index in [-0.39, 0.29) is 6.04 Å². The summed E-state index contributed by atoms with van der Waals surface area (Å²) < 4.78 is 6.93. The zero-order valence-electron chi connectivity index (χ0n) is 14.5. The van der Waals surface area contributed by atoms with Crippen molar-refractivity contribution in [2.45, 2.75) is 13.0 Å². The van der Waals surface area contributed by atoms with E-state index in [9.17, 15) is 0 Å². The van der Waals surface area contributed by atoms with Crippen LogP contribution < -0.4 is 11.1 Å². The summed E-state index contributed by atoms with van der Waals surface area (Å²) in [6, 6.07) is 18.5. The Bertz CT molecular complexity index is 857. The number of aliphatic imine (C=N–C) groups is 1. The monoisotopic (exact) mass is 337 g/mol. The number of hydrogen-bond acceptors (Lipinski definition) is 5. The van der Waals surface area contributed by atoms with Crippen molar-refractivity contribution in [1.82, 2.24) is 9.78 Å². The fourth-order valence-corrected chi connectivity index (χ4v) is 2.66. The third-order valence-corrected chi connectivity index (χ3v) is 3.79. The molecule has 1 atom stereocenters. The number of anilines is 2. The number of nitrogens with zero attached hydrogens (tertiary/aromatic N) is 3. The summed E-state index contributed by atoms with van der Waals surface area (Å²) >= 11 is 0. The molecule has 2 heterocycles. The maximum absolute atomic E-state index is 5.35. The standard InChI is InChI=1S/C14H13N3.C5H10N2O/c1-17-13-10-6-5-9-12(13)14(16-17)15-11-7-3-2-4-8-11;1-4-2-8-3-5(6)7-4/h2-10H,1H3,(H,15,16);4H,2-3H2,1H3,(H2,6,7)/t;4-/m.0/s1. The normalized spacial score (nSPS) is 16.7. The van der Waals surface area contributed by atoms with Gasteiger partial charge in [-0.15, -0.1) is 0 Å². The highest BCUT2D eigenvalue weighted by molar-refractivity contribution is 5.91. The van der Waals surface area contributed by atoms with Crippen LogP contribution in [-0.4, -0.2) is 34.9 Å². The summed E-state index contributed by atoms with van der Waals surface area (Å²) in [5.74, 6) is 1.51. The maximum Gasteiger partial charge on any atom is 0.160 e. The van der Waals surface area contributed by atoms with Gasteiger partial charge in [0.2, 0.25) is 0 Å². The molecule has 25 heavy (non-hydrogen) atoms. The van der Waals surface area contributed by atoms with Crippen LogP contribution in [0.4, 0.5) is 11.5 Å². The Morgan fingerprint density at radius 2 is 1.84 bits per heavy atom. The number of nitrogens with one attached hydrogen (secondary N) is 1. The van der Waals surface area contributed by atoms with Gasteiger partial charge >= 0.3 is 0 Å². The van der Waals surface area contributed by atoms with E-state index in [4.69, 9.17) is 10.5 Å². The lowest BCUT2D eigenvalue weighted by Crippen LogP contribution is -2.29. The Morgan fingerprint density at radius 1 is 1.12 bits per heavy atom. The molecule has 130 valence electrons. The first-order valence-corrected chi connectivity index (χ1v) is 8.27. The van der Waals surface area contributed by atoms with Crippen LogP contribution in [0.2, 0.25) is 0 Å². The number of ether oxygens (including phenoxy) is 1. The smallest absolute Gasteiger partial charge is 0.160 e. The largest absolute Gasteiger partial charge is 0.386 e. The van der Waals surface area contributed by atoms with E-state index in [0.29, 0.717) is 19.0 Å². The Hall–Kier alpha value is -2.86. The molecule has 1 aromatic heterocycles. The summed E-state index contributed by atoms with van der Waals surface area (Å²) in [6.07, 6.45) is 0. The molecular weight excluding hydrogens is 314 g/mol. The molecule has 1 aliphatic heterocycles. The van der Waals surface area contributed by atoms with Gasteiger partial charge in [-0.1, -0.05) is 30.3 Å². The number of aromatic nitrogens is 2. The zero-order valence-corrected chi connectivity index (χ0v) is 14.5. The zero-order chi connectivity index (χ0) is 17.6. The SMILES string of the molecule is C[C@H]1COCC(N)=N1.Cn1nc(Nc2ccccc2)c2ccccc21. The molecule has 0 spiro atoms. The topological polar surface area (TPSA) is 77.5 Å². The molecule has 3 aromatic rings. The molecule has 2 aromatic carbocycles. The number of rotatable bonds is 2. The van der Waals surface area contributed by atoms with Crippen LogP contribution in [0.15, 0.2) is 59.6 Å². The van der Waals surface area contributed by atoms with Crippen LogP contribution in [0.5, 0.6) is 0 Å². The van der Waals surface area contributed by atoms with E-state index in [2.05, 4.69) is 27.5 Å². The van der Waals surface area contributed by atoms with Gasteiger partial charge in [0.15, 0.2) is 5.82 Å². The minimum atomic E-state index is 0.253. The van der Waals surface area contributed by atoms with Crippen molar-refractivity contribution in [3.8, 4) is 0 Å². The number of hydrogen-bond donors (Lipinski definition) is 2. The molecule has 0 aliphatic carbocycles. The van der Waals surface area contributed by atoms with Crippen LogP contribution in [-0.2, 0) is 11.8 Å². The summed E-state index contributed by atoms with van der Waals surface area (Å²) in [6.45, 7) is 3.19. The molecule has 6 heteroatoms. The van der Waals surface area contributed by atoms with Crippen molar-refractivity contribution in [2.75, 3.05) is 18.5 Å². The molecule has 0 amide bonds. The molecule has 0 saturated carbocycles. The first-order valence-electron chi connectivity index (χ1n) is 8.27. The van der Waals surface area contributed by atoms with Crippen molar-refractivity contribution in [3.05, 3.63) is 54.6 Å². The molecule has 3 N–H and O–H groups in total. The summed E-state index contributed by atoms with van der Waals surface area (Å²) in [7, 11) is 1.96. The fraction of sp³-hybridized carbons (Fsp3) is 0.263. The van der Waals surface area contributed by atoms with Crippen LogP contribution >= 0.6 is 0 Å². The van der Waals surface area contributed by atoms with E-state index in [1.54, 1.807) is 0 Å². The third kappa shape index (κ3) is 4.36. The van der Waals surface area contributed by atoms with E-state index in [1.807, 2.05) is 61.1 Å². The summed E-state index contributed by atoms with van der Waals surface area (Å²) in [5.41, 5.74) is 7.53. The number of amidine groups is 1. The summed E-state index contributed by atoms with van der Waals surface area (Å²) in [4.78, 5) is 4.05. The Kier molecular flexibility index (Phi) is 5.30. The molecule has 0 unspecified atom stereocenters. The van der Waals surface area contributed by atoms with E-state index < -0.39 is 0 Å². The number of benzene rings is 2. The summed E-state index contributed by atoms with van der Waals surface area (Å²) in [5, 5.41) is 8.96. The average Bonchev–Trinajstić information content (AvgIpc) is 2.93.